The molecule has 0 aliphatic carbocycles. The van der Waals surface area contributed by atoms with E-state index < -0.39 is 11.7 Å². The lowest BCUT2D eigenvalue weighted by molar-refractivity contribution is 0.102. The first-order chi connectivity index (χ1) is 10.1. The van der Waals surface area contributed by atoms with Crippen LogP contribution in [0, 0.1) is 5.82 Å². The van der Waals surface area contributed by atoms with Gasteiger partial charge in [-0.05, 0) is 48.7 Å². The smallest absolute Gasteiger partial charge is 0.258 e. The van der Waals surface area contributed by atoms with Crippen molar-refractivity contribution in [1.82, 2.24) is 0 Å². The summed E-state index contributed by atoms with van der Waals surface area (Å²) in [6.45, 7) is 0.927. The van der Waals surface area contributed by atoms with Gasteiger partial charge in [-0.15, -0.1) is 0 Å². The highest BCUT2D eigenvalue weighted by molar-refractivity contribution is 6.30. The highest BCUT2D eigenvalue weighted by Gasteiger charge is 2.14. The summed E-state index contributed by atoms with van der Waals surface area (Å²) < 4.78 is 13.7. The molecule has 0 radical (unpaired) electrons. The van der Waals surface area contributed by atoms with Gasteiger partial charge in [0.15, 0.2) is 0 Å². The van der Waals surface area contributed by atoms with Crippen LogP contribution in [0.4, 0.5) is 15.8 Å². The van der Waals surface area contributed by atoms with Crippen LogP contribution in [0.2, 0.25) is 5.02 Å². The number of rotatable bonds is 2. The van der Waals surface area contributed by atoms with Crippen molar-refractivity contribution in [3.8, 4) is 0 Å². The molecule has 0 aromatic heterocycles. The summed E-state index contributed by atoms with van der Waals surface area (Å²) >= 11 is 5.68. The Kier molecular flexibility index (Phi) is 3.80. The molecule has 2 N–H and O–H groups in total. The van der Waals surface area contributed by atoms with Crippen LogP contribution in [0.1, 0.15) is 22.3 Å². The minimum atomic E-state index is -0.629. The van der Waals surface area contributed by atoms with E-state index in [1.165, 1.54) is 17.7 Å². The molecule has 2 aromatic rings. The van der Waals surface area contributed by atoms with Crippen molar-refractivity contribution in [2.24, 2.45) is 0 Å². The van der Waals surface area contributed by atoms with E-state index in [4.69, 9.17) is 11.6 Å². The van der Waals surface area contributed by atoms with Crippen LogP contribution in [0.15, 0.2) is 36.4 Å². The third kappa shape index (κ3) is 3.00. The molecule has 0 saturated carbocycles. The minimum absolute atomic E-state index is 0.0231. The summed E-state index contributed by atoms with van der Waals surface area (Å²) in [6.07, 6.45) is 2.14. The molecule has 1 aliphatic heterocycles. The molecule has 3 rings (SSSR count). The molecule has 3 nitrogen and oxygen atoms in total. The summed E-state index contributed by atoms with van der Waals surface area (Å²) in [5, 5.41) is 6.26. The molecule has 0 saturated heterocycles. The maximum Gasteiger partial charge on any atom is 0.258 e. The van der Waals surface area contributed by atoms with Crippen molar-refractivity contribution < 1.29 is 9.18 Å². The number of carbonyl (C=O) groups is 1. The van der Waals surface area contributed by atoms with Gasteiger partial charge in [-0.1, -0.05) is 17.7 Å². The summed E-state index contributed by atoms with van der Waals surface area (Å²) in [7, 11) is 0. The van der Waals surface area contributed by atoms with Crippen LogP contribution in [0.25, 0.3) is 0 Å². The van der Waals surface area contributed by atoms with Gasteiger partial charge in [0.25, 0.3) is 5.91 Å². The second-order valence-corrected chi connectivity index (χ2v) is 5.42. The van der Waals surface area contributed by atoms with E-state index in [9.17, 15) is 9.18 Å². The Balaban J connectivity index is 1.81. The van der Waals surface area contributed by atoms with E-state index >= 15 is 0 Å². The number of nitrogens with one attached hydrogen (secondary N) is 2. The third-order valence-electron chi connectivity index (χ3n) is 3.48. The predicted molar refractivity (Wildman–Crippen MR) is 82.6 cm³/mol. The van der Waals surface area contributed by atoms with Gasteiger partial charge >= 0.3 is 0 Å². The van der Waals surface area contributed by atoms with Gasteiger partial charge in [-0.2, -0.15) is 0 Å². The van der Waals surface area contributed by atoms with Crippen LogP contribution in [0.3, 0.4) is 0 Å². The molecule has 0 fully saturated rings. The van der Waals surface area contributed by atoms with Crippen LogP contribution < -0.4 is 10.6 Å². The van der Waals surface area contributed by atoms with E-state index in [1.54, 1.807) is 0 Å². The lowest BCUT2D eigenvalue weighted by atomic mass is 10.0. The number of fused-ring (bicyclic) bond motifs is 1. The molecule has 21 heavy (non-hydrogen) atoms. The molecule has 0 atom stereocenters. The lowest BCUT2D eigenvalue weighted by Gasteiger charge is -2.19. The van der Waals surface area contributed by atoms with Gasteiger partial charge in [0, 0.05) is 22.9 Å². The fourth-order valence-corrected chi connectivity index (χ4v) is 2.57. The van der Waals surface area contributed by atoms with E-state index in [1.807, 2.05) is 18.2 Å². The number of hydrogen-bond acceptors (Lipinski definition) is 2. The summed E-state index contributed by atoms with van der Waals surface area (Å²) in [5.41, 5.74) is 2.88. The number of halogens is 2. The quantitative estimate of drug-likeness (QED) is 0.877. The highest BCUT2D eigenvalue weighted by Crippen LogP contribution is 2.26. The summed E-state index contributed by atoms with van der Waals surface area (Å²) in [4.78, 5) is 12.1. The van der Waals surface area contributed by atoms with Gasteiger partial charge < -0.3 is 10.6 Å². The second kappa shape index (κ2) is 5.74. The van der Waals surface area contributed by atoms with Crippen molar-refractivity contribution in [3.63, 3.8) is 0 Å². The van der Waals surface area contributed by atoms with Crippen molar-refractivity contribution in [1.29, 1.82) is 0 Å². The zero-order chi connectivity index (χ0) is 14.8. The number of anilines is 2. The first kappa shape index (κ1) is 13.9. The SMILES string of the molecule is O=C(Nc1ccc2c(c1)NCCC2)c1ccc(Cl)cc1F. The fraction of sp³-hybridized carbons (Fsp3) is 0.188. The van der Waals surface area contributed by atoms with Gasteiger partial charge in [-0.25, -0.2) is 4.39 Å². The molecular weight excluding hydrogens is 291 g/mol. The zero-order valence-electron chi connectivity index (χ0n) is 11.2. The highest BCUT2D eigenvalue weighted by atomic mass is 35.5. The number of hydrogen-bond donors (Lipinski definition) is 2. The molecule has 1 aliphatic rings. The number of benzene rings is 2. The number of aryl methyl sites for hydroxylation is 1. The minimum Gasteiger partial charge on any atom is -0.385 e. The normalized spacial score (nSPS) is 13.2. The summed E-state index contributed by atoms with van der Waals surface area (Å²) in [6, 6.07) is 9.69. The van der Waals surface area contributed by atoms with Gasteiger partial charge in [-0.3, -0.25) is 4.79 Å². The fourth-order valence-electron chi connectivity index (χ4n) is 2.41. The maximum absolute atomic E-state index is 13.7. The van der Waals surface area contributed by atoms with Gasteiger partial charge in [0.2, 0.25) is 0 Å². The van der Waals surface area contributed by atoms with Crippen LogP contribution >= 0.6 is 11.6 Å². The Hall–Kier alpha value is -2.07. The predicted octanol–water partition coefficient (Wildman–Crippen LogP) is 4.09. The third-order valence-corrected chi connectivity index (χ3v) is 3.72. The van der Waals surface area contributed by atoms with Crippen molar-refractivity contribution in [3.05, 3.63) is 58.4 Å². The molecule has 108 valence electrons. The Morgan fingerprint density at radius 1 is 1.24 bits per heavy atom. The van der Waals surface area contributed by atoms with E-state index in [-0.39, 0.29) is 10.6 Å². The van der Waals surface area contributed by atoms with Crippen LogP contribution in [-0.2, 0) is 6.42 Å². The summed E-state index contributed by atoms with van der Waals surface area (Å²) in [5.74, 6) is -1.11. The van der Waals surface area contributed by atoms with Crippen molar-refractivity contribution >= 4 is 28.9 Å². The Morgan fingerprint density at radius 3 is 2.90 bits per heavy atom. The molecule has 0 spiro atoms. The van der Waals surface area contributed by atoms with Crippen LogP contribution in [0.5, 0.6) is 0 Å². The molecule has 2 aromatic carbocycles. The molecule has 5 heteroatoms. The van der Waals surface area contributed by atoms with Gasteiger partial charge in [0.1, 0.15) is 5.82 Å². The Labute approximate surface area is 127 Å². The first-order valence-corrected chi connectivity index (χ1v) is 7.14. The zero-order valence-corrected chi connectivity index (χ0v) is 12.0. The Morgan fingerprint density at radius 2 is 2.10 bits per heavy atom. The average molecular weight is 305 g/mol. The molecular formula is C16H14ClFN2O. The monoisotopic (exact) mass is 304 g/mol. The number of carbonyl (C=O) groups excluding carboxylic acids is 1. The second-order valence-electron chi connectivity index (χ2n) is 4.98. The molecule has 1 amide bonds. The molecule has 1 heterocycles. The first-order valence-electron chi connectivity index (χ1n) is 6.77. The van der Waals surface area contributed by atoms with E-state index in [0.717, 1.165) is 31.1 Å². The van der Waals surface area contributed by atoms with Gasteiger partial charge in [0.05, 0.1) is 5.56 Å². The number of amides is 1. The maximum atomic E-state index is 13.7. The van der Waals surface area contributed by atoms with Crippen LogP contribution in [-0.4, -0.2) is 12.5 Å². The van der Waals surface area contributed by atoms with E-state index in [0.29, 0.717) is 5.69 Å². The molecule has 0 bridgehead atoms. The Bertz CT molecular complexity index is 703. The largest absolute Gasteiger partial charge is 0.385 e. The average Bonchev–Trinajstić information content (AvgIpc) is 2.47. The standard InChI is InChI=1S/C16H14ClFN2O/c17-11-4-6-13(14(18)8-11)16(21)20-12-5-3-10-2-1-7-19-15(10)9-12/h3-6,8-9,19H,1-2,7H2,(H,20,21). The molecule has 0 unspecified atom stereocenters. The topological polar surface area (TPSA) is 41.1 Å². The van der Waals surface area contributed by atoms with E-state index in [2.05, 4.69) is 10.6 Å². The van der Waals surface area contributed by atoms with Crippen molar-refractivity contribution in [2.45, 2.75) is 12.8 Å². The lowest BCUT2D eigenvalue weighted by Crippen LogP contribution is -2.15. The van der Waals surface area contributed by atoms with Crippen molar-refractivity contribution in [2.75, 3.05) is 17.2 Å².